The number of carbonyl (C=O) groups is 1. The van der Waals surface area contributed by atoms with Crippen LogP contribution in [0.5, 0.6) is 0 Å². The molecule has 0 N–H and O–H groups in total. The van der Waals surface area contributed by atoms with Crippen molar-refractivity contribution in [2.45, 2.75) is 46.7 Å². The van der Waals surface area contributed by atoms with Crippen LogP contribution in [-0.2, 0) is 19.5 Å². The highest BCUT2D eigenvalue weighted by Crippen LogP contribution is 2.26. The van der Waals surface area contributed by atoms with Crippen LogP contribution in [0.2, 0.25) is 0 Å². The number of benzene rings is 2. The third-order valence-electron chi connectivity index (χ3n) is 5.63. The molecule has 0 aliphatic heterocycles. The van der Waals surface area contributed by atoms with E-state index in [4.69, 9.17) is 0 Å². The molecule has 0 aliphatic carbocycles. The molecule has 0 spiro atoms. The van der Waals surface area contributed by atoms with Gasteiger partial charge >= 0.3 is 5.69 Å². The summed E-state index contributed by atoms with van der Waals surface area (Å²) in [6.07, 6.45) is 3.94. The van der Waals surface area contributed by atoms with E-state index in [9.17, 15) is 9.59 Å². The lowest BCUT2D eigenvalue weighted by Crippen LogP contribution is -2.27. The molecule has 8 nitrogen and oxygen atoms in total. The van der Waals surface area contributed by atoms with Crippen molar-refractivity contribution in [1.82, 2.24) is 29.3 Å². The second-order valence-corrected chi connectivity index (χ2v) is 8.54. The molecular weight excluding hydrogens is 416 g/mol. The predicted octanol–water partition coefficient (Wildman–Crippen LogP) is 3.76. The van der Waals surface area contributed by atoms with Gasteiger partial charge in [-0.05, 0) is 40.0 Å². The standard InChI is InChI=1S/C25H28N6O2/c1-4-7-23-24(16-32)29(14-18(2)3)25(33)30(23)15-19-10-12-20(13-11-19)21-8-5-6-9-22(21)31-17-26-27-28-31/h5-6,8-13,16-18H,4,7,14-15H2,1-3H3. The Balaban J connectivity index is 1.68. The fraction of sp³-hybridized carbons (Fsp3) is 0.320. The van der Waals surface area contributed by atoms with E-state index in [1.54, 1.807) is 20.1 Å². The smallest absolute Gasteiger partial charge is 0.296 e. The summed E-state index contributed by atoms with van der Waals surface area (Å²) in [4.78, 5) is 25.1. The zero-order valence-electron chi connectivity index (χ0n) is 19.2. The van der Waals surface area contributed by atoms with Crippen LogP contribution in [0.15, 0.2) is 59.7 Å². The van der Waals surface area contributed by atoms with Crippen LogP contribution in [0.25, 0.3) is 16.8 Å². The van der Waals surface area contributed by atoms with Crippen molar-refractivity contribution in [3.8, 4) is 16.8 Å². The molecule has 0 bridgehead atoms. The fourth-order valence-corrected chi connectivity index (χ4v) is 4.16. The Bertz CT molecular complexity index is 1280. The van der Waals surface area contributed by atoms with Crippen molar-refractivity contribution in [3.05, 3.63) is 82.3 Å². The van der Waals surface area contributed by atoms with Crippen LogP contribution < -0.4 is 5.69 Å². The van der Waals surface area contributed by atoms with Gasteiger partial charge in [0.2, 0.25) is 0 Å². The molecule has 2 aromatic carbocycles. The van der Waals surface area contributed by atoms with Gasteiger partial charge < -0.3 is 0 Å². The summed E-state index contributed by atoms with van der Waals surface area (Å²) in [5.74, 6) is 0.270. The van der Waals surface area contributed by atoms with Crippen LogP contribution in [0.3, 0.4) is 0 Å². The maximum absolute atomic E-state index is 13.2. The molecule has 0 saturated carbocycles. The first-order valence-electron chi connectivity index (χ1n) is 11.2. The molecule has 0 saturated heterocycles. The minimum Gasteiger partial charge on any atom is -0.296 e. The molecule has 0 unspecified atom stereocenters. The van der Waals surface area contributed by atoms with Crippen molar-refractivity contribution in [2.24, 2.45) is 5.92 Å². The van der Waals surface area contributed by atoms with E-state index in [2.05, 4.69) is 22.4 Å². The number of para-hydroxylation sites is 1. The lowest BCUT2D eigenvalue weighted by Gasteiger charge is -2.11. The Labute approximate surface area is 192 Å². The highest BCUT2D eigenvalue weighted by molar-refractivity contribution is 5.74. The van der Waals surface area contributed by atoms with Gasteiger partial charge in [-0.15, -0.1) is 5.10 Å². The number of nitrogens with zero attached hydrogens (tertiary/aromatic N) is 6. The first kappa shape index (κ1) is 22.4. The van der Waals surface area contributed by atoms with Gasteiger partial charge in [0.15, 0.2) is 6.29 Å². The molecule has 170 valence electrons. The molecule has 0 aliphatic rings. The Hall–Kier alpha value is -3.81. The molecule has 0 atom stereocenters. The lowest BCUT2D eigenvalue weighted by molar-refractivity contribution is 0.111. The van der Waals surface area contributed by atoms with Gasteiger partial charge in [0.1, 0.15) is 12.0 Å². The van der Waals surface area contributed by atoms with Gasteiger partial charge in [0.05, 0.1) is 17.9 Å². The van der Waals surface area contributed by atoms with E-state index in [0.717, 1.165) is 40.8 Å². The molecule has 4 aromatic rings. The number of aldehydes is 1. The maximum Gasteiger partial charge on any atom is 0.329 e. The third-order valence-corrected chi connectivity index (χ3v) is 5.63. The number of hydrogen-bond acceptors (Lipinski definition) is 5. The Morgan fingerprint density at radius 3 is 2.42 bits per heavy atom. The molecule has 8 heteroatoms. The van der Waals surface area contributed by atoms with Crippen LogP contribution >= 0.6 is 0 Å². The highest BCUT2D eigenvalue weighted by Gasteiger charge is 2.19. The monoisotopic (exact) mass is 444 g/mol. The minimum absolute atomic E-state index is 0.123. The van der Waals surface area contributed by atoms with E-state index in [1.165, 1.54) is 0 Å². The molecule has 33 heavy (non-hydrogen) atoms. The highest BCUT2D eigenvalue weighted by atomic mass is 16.2. The second kappa shape index (κ2) is 9.77. The number of tetrazole rings is 1. The van der Waals surface area contributed by atoms with Crippen LogP contribution in [0, 0.1) is 5.92 Å². The van der Waals surface area contributed by atoms with Gasteiger partial charge in [-0.25, -0.2) is 4.79 Å². The van der Waals surface area contributed by atoms with Crippen LogP contribution in [0.4, 0.5) is 0 Å². The molecule has 0 fully saturated rings. The zero-order valence-corrected chi connectivity index (χ0v) is 19.2. The maximum atomic E-state index is 13.2. The quantitative estimate of drug-likeness (QED) is 0.367. The summed E-state index contributed by atoms with van der Waals surface area (Å²) in [6.45, 7) is 7.10. The van der Waals surface area contributed by atoms with Crippen molar-refractivity contribution in [2.75, 3.05) is 0 Å². The average Bonchev–Trinajstić information content (AvgIpc) is 3.43. The second-order valence-electron chi connectivity index (χ2n) is 8.54. The topological polar surface area (TPSA) is 87.6 Å². The summed E-state index contributed by atoms with van der Waals surface area (Å²) >= 11 is 0. The van der Waals surface area contributed by atoms with Crippen LogP contribution in [-0.4, -0.2) is 35.6 Å². The zero-order chi connectivity index (χ0) is 23.4. The molecule has 2 heterocycles. The van der Waals surface area contributed by atoms with Gasteiger partial charge in [-0.3, -0.25) is 13.9 Å². The summed E-state index contributed by atoms with van der Waals surface area (Å²) in [5, 5.41) is 11.5. The molecular formula is C25H28N6O2. The first-order chi connectivity index (χ1) is 16.0. The van der Waals surface area contributed by atoms with Crippen LogP contribution in [0.1, 0.15) is 48.9 Å². The number of carbonyl (C=O) groups excluding carboxylic acids is 1. The SMILES string of the molecule is CCCc1c(C=O)n(CC(C)C)c(=O)n1Cc1ccc(-c2ccccc2-n2cnnn2)cc1. The van der Waals surface area contributed by atoms with Gasteiger partial charge in [0, 0.05) is 12.1 Å². The van der Waals surface area contributed by atoms with E-state index in [-0.39, 0.29) is 11.6 Å². The van der Waals surface area contributed by atoms with Crippen molar-refractivity contribution in [3.63, 3.8) is 0 Å². The van der Waals surface area contributed by atoms with Gasteiger partial charge in [-0.2, -0.15) is 4.68 Å². The van der Waals surface area contributed by atoms with Gasteiger partial charge in [0.25, 0.3) is 0 Å². The minimum atomic E-state index is -0.123. The Kier molecular flexibility index (Phi) is 6.63. The number of rotatable bonds is 9. The number of aromatic nitrogens is 6. The third kappa shape index (κ3) is 4.55. The van der Waals surface area contributed by atoms with E-state index in [0.29, 0.717) is 25.2 Å². The summed E-state index contributed by atoms with van der Waals surface area (Å²) < 4.78 is 5.01. The summed E-state index contributed by atoms with van der Waals surface area (Å²) in [6, 6.07) is 16.0. The van der Waals surface area contributed by atoms with E-state index >= 15 is 0 Å². The largest absolute Gasteiger partial charge is 0.329 e. The van der Waals surface area contributed by atoms with E-state index < -0.39 is 0 Å². The van der Waals surface area contributed by atoms with E-state index in [1.807, 2.05) is 62.4 Å². The lowest BCUT2D eigenvalue weighted by atomic mass is 10.0. The normalized spacial score (nSPS) is 11.3. The number of imidazole rings is 1. The summed E-state index contributed by atoms with van der Waals surface area (Å²) in [5.41, 5.74) is 5.11. The molecule has 2 aromatic heterocycles. The average molecular weight is 445 g/mol. The Morgan fingerprint density at radius 1 is 1.03 bits per heavy atom. The fourth-order valence-electron chi connectivity index (χ4n) is 4.16. The van der Waals surface area contributed by atoms with Crippen molar-refractivity contribution in [1.29, 1.82) is 0 Å². The molecule has 0 amide bonds. The number of hydrogen-bond donors (Lipinski definition) is 0. The summed E-state index contributed by atoms with van der Waals surface area (Å²) in [7, 11) is 0. The van der Waals surface area contributed by atoms with Crippen molar-refractivity contribution < 1.29 is 4.79 Å². The molecule has 4 rings (SSSR count). The van der Waals surface area contributed by atoms with Gasteiger partial charge in [-0.1, -0.05) is 69.7 Å². The first-order valence-corrected chi connectivity index (χ1v) is 11.2. The Morgan fingerprint density at radius 2 is 1.79 bits per heavy atom. The predicted molar refractivity (Wildman–Crippen MR) is 127 cm³/mol. The van der Waals surface area contributed by atoms with Crippen molar-refractivity contribution >= 4 is 6.29 Å². The molecule has 0 radical (unpaired) electrons.